The van der Waals surface area contributed by atoms with Crippen LogP contribution in [0.25, 0.3) is 6.08 Å². The van der Waals surface area contributed by atoms with E-state index in [1.807, 2.05) is 36.4 Å². The third-order valence-corrected chi connectivity index (χ3v) is 4.09. The second-order valence-corrected chi connectivity index (χ2v) is 5.76. The summed E-state index contributed by atoms with van der Waals surface area (Å²) in [6.45, 7) is 0.0775. The number of aliphatic hydroxyl groups excluding tert-OH is 2. The van der Waals surface area contributed by atoms with Gasteiger partial charge in [-0.25, -0.2) is 0 Å². The molecule has 0 aliphatic carbocycles. The van der Waals surface area contributed by atoms with Crippen LogP contribution in [0.4, 0.5) is 0 Å². The quantitative estimate of drug-likeness (QED) is 0.666. The molecule has 0 aliphatic rings. The summed E-state index contributed by atoms with van der Waals surface area (Å²) in [4.78, 5) is 0. The Morgan fingerprint density at radius 2 is 1.63 bits per heavy atom. The predicted molar refractivity (Wildman–Crippen MR) is 103 cm³/mol. The fraction of sp³-hybridized carbons (Fsp3) is 0.333. The fourth-order valence-corrected chi connectivity index (χ4v) is 2.69. The summed E-state index contributed by atoms with van der Waals surface area (Å²) in [5.74, 6) is 1.88. The molecule has 0 amide bonds. The van der Waals surface area contributed by atoms with Crippen LogP contribution >= 0.6 is 0 Å². The largest absolute Gasteiger partial charge is 0.496 e. The zero-order valence-corrected chi connectivity index (χ0v) is 15.8. The Labute approximate surface area is 159 Å². The molecule has 2 aromatic carbocycles. The van der Waals surface area contributed by atoms with Gasteiger partial charge in [-0.05, 0) is 29.3 Å². The third kappa shape index (κ3) is 5.47. The van der Waals surface area contributed by atoms with Crippen LogP contribution in [-0.4, -0.2) is 44.8 Å². The van der Waals surface area contributed by atoms with E-state index in [1.54, 1.807) is 33.5 Å². The van der Waals surface area contributed by atoms with E-state index in [0.29, 0.717) is 23.9 Å². The summed E-state index contributed by atoms with van der Waals surface area (Å²) in [6, 6.07) is 11.1. The van der Waals surface area contributed by atoms with Crippen molar-refractivity contribution in [1.29, 1.82) is 0 Å². The molecule has 0 bridgehead atoms. The molecule has 0 heterocycles. The van der Waals surface area contributed by atoms with E-state index >= 15 is 0 Å². The lowest BCUT2D eigenvalue weighted by Gasteiger charge is -2.19. The van der Waals surface area contributed by atoms with Crippen molar-refractivity contribution in [2.75, 3.05) is 34.5 Å². The van der Waals surface area contributed by atoms with Gasteiger partial charge >= 0.3 is 0 Å². The van der Waals surface area contributed by atoms with Crippen LogP contribution in [0.15, 0.2) is 42.5 Å². The van der Waals surface area contributed by atoms with Crippen LogP contribution in [-0.2, 0) is 11.3 Å². The van der Waals surface area contributed by atoms with Gasteiger partial charge in [-0.3, -0.25) is 0 Å². The topological polar surface area (TPSA) is 77.4 Å². The first-order valence-corrected chi connectivity index (χ1v) is 8.55. The van der Waals surface area contributed by atoms with Crippen LogP contribution in [0.3, 0.4) is 0 Å². The highest BCUT2D eigenvalue weighted by Crippen LogP contribution is 2.31. The molecule has 0 saturated heterocycles. The van der Waals surface area contributed by atoms with Crippen LogP contribution in [0.5, 0.6) is 17.2 Å². The molecular formula is C21H26O6. The Hall–Kier alpha value is -2.54. The monoisotopic (exact) mass is 374 g/mol. The van der Waals surface area contributed by atoms with Crippen molar-refractivity contribution in [2.45, 2.75) is 12.7 Å². The van der Waals surface area contributed by atoms with Crippen LogP contribution < -0.4 is 14.2 Å². The average molecular weight is 374 g/mol. The summed E-state index contributed by atoms with van der Waals surface area (Å²) in [5.41, 5.74) is 2.54. The second-order valence-electron chi connectivity index (χ2n) is 5.76. The minimum Gasteiger partial charge on any atom is -0.496 e. The van der Waals surface area contributed by atoms with E-state index in [1.165, 1.54) is 0 Å². The molecule has 2 N–H and O–H groups in total. The minimum atomic E-state index is -0.538. The molecule has 6 heteroatoms. The number of hydrogen-bond donors (Lipinski definition) is 2. The molecule has 6 nitrogen and oxygen atoms in total. The van der Waals surface area contributed by atoms with Gasteiger partial charge in [0.1, 0.15) is 11.9 Å². The highest BCUT2D eigenvalue weighted by molar-refractivity contribution is 5.54. The molecule has 0 fully saturated rings. The minimum absolute atomic E-state index is 0.0300. The molecule has 2 rings (SSSR count). The number of hydrogen-bond acceptors (Lipinski definition) is 6. The Bertz CT molecular complexity index is 756. The molecule has 0 aromatic heterocycles. The number of benzene rings is 2. The third-order valence-electron chi connectivity index (χ3n) is 4.09. The molecule has 0 radical (unpaired) electrons. The van der Waals surface area contributed by atoms with Crippen molar-refractivity contribution in [3.63, 3.8) is 0 Å². The van der Waals surface area contributed by atoms with E-state index in [4.69, 9.17) is 24.1 Å². The number of ether oxygens (including phenoxy) is 4. The normalized spacial score (nSPS) is 12.2. The standard InChI is InChI=1S/C21H26O6/c1-24-18-9-7-16(12-20(18)26-3)14-27-21(13-23)17-8-6-15(5-4-10-22)11-19(17)25-2/h4-9,11-12,21-23H,10,13-14H2,1-3H3. The van der Waals surface area contributed by atoms with E-state index in [2.05, 4.69) is 0 Å². The highest BCUT2D eigenvalue weighted by Gasteiger charge is 2.17. The summed E-state index contributed by atoms with van der Waals surface area (Å²) in [7, 11) is 4.74. The molecule has 2 aromatic rings. The Morgan fingerprint density at radius 3 is 2.26 bits per heavy atom. The summed E-state index contributed by atoms with van der Waals surface area (Å²) < 4.78 is 21.9. The fourth-order valence-electron chi connectivity index (χ4n) is 2.69. The van der Waals surface area contributed by atoms with Crippen LogP contribution in [0, 0.1) is 0 Å². The molecule has 146 valence electrons. The summed E-state index contributed by atoms with van der Waals surface area (Å²) >= 11 is 0. The SMILES string of the molecule is COc1ccc(COC(CO)c2ccc(C=CCO)cc2OC)cc1OC. The van der Waals surface area contributed by atoms with Crippen molar-refractivity contribution < 1.29 is 29.2 Å². The molecule has 0 spiro atoms. The smallest absolute Gasteiger partial charge is 0.161 e. The van der Waals surface area contributed by atoms with Gasteiger partial charge in [-0.2, -0.15) is 0 Å². The number of rotatable bonds is 10. The van der Waals surface area contributed by atoms with Gasteiger partial charge in [0, 0.05) is 5.56 Å². The van der Waals surface area contributed by atoms with Gasteiger partial charge in [0.25, 0.3) is 0 Å². The maximum absolute atomic E-state index is 9.80. The lowest BCUT2D eigenvalue weighted by molar-refractivity contribution is -0.000231. The van der Waals surface area contributed by atoms with Crippen molar-refractivity contribution >= 4 is 6.08 Å². The van der Waals surface area contributed by atoms with E-state index in [0.717, 1.165) is 16.7 Å². The first-order valence-electron chi connectivity index (χ1n) is 8.55. The predicted octanol–water partition coefficient (Wildman–Crippen LogP) is 2.97. The maximum Gasteiger partial charge on any atom is 0.161 e. The zero-order chi connectivity index (χ0) is 19.6. The lowest BCUT2D eigenvalue weighted by Crippen LogP contribution is -2.11. The van der Waals surface area contributed by atoms with E-state index in [9.17, 15) is 5.11 Å². The Morgan fingerprint density at radius 1 is 0.889 bits per heavy atom. The molecule has 0 saturated carbocycles. The highest BCUT2D eigenvalue weighted by atomic mass is 16.5. The van der Waals surface area contributed by atoms with Gasteiger partial charge in [-0.1, -0.05) is 30.4 Å². The van der Waals surface area contributed by atoms with Gasteiger partial charge < -0.3 is 29.2 Å². The number of methoxy groups -OCH3 is 3. The molecular weight excluding hydrogens is 348 g/mol. The van der Waals surface area contributed by atoms with Crippen molar-refractivity contribution in [2.24, 2.45) is 0 Å². The molecule has 1 unspecified atom stereocenters. The van der Waals surface area contributed by atoms with Crippen molar-refractivity contribution in [1.82, 2.24) is 0 Å². The van der Waals surface area contributed by atoms with Gasteiger partial charge in [-0.15, -0.1) is 0 Å². The summed E-state index contributed by atoms with van der Waals surface area (Å²) in [5, 5.41) is 18.7. The van der Waals surface area contributed by atoms with Crippen molar-refractivity contribution in [3.8, 4) is 17.2 Å². The molecule has 0 aliphatic heterocycles. The second kappa shape index (κ2) is 10.6. The van der Waals surface area contributed by atoms with Gasteiger partial charge in [0.15, 0.2) is 11.5 Å². The van der Waals surface area contributed by atoms with E-state index < -0.39 is 6.10 Å². The molecule has 27 heavy (non-hydrogen) atoms. The lowest BCUT2D eigenvalue weighted by atomic mass is 10.0. The van der Waals surface area contributed by atoms with Crippen LogP contribution in [0.1, 0.15) is 22.8 Å². The van der Waals surface area contributed by atoms with E-state index in [-0.39, 0.29) is 13.2 Å². The summed E-state index contributed by atoms with van der Waals surface area (Å²) in [6.07, 6.45) is 2.90. The van der Waals surface area contributed by atoms with Crippen molar-refractivity contribution in [3.05, 3.63) is 59.2 Å². The number of aliphatic hydroxyl groups is 2. The Balaban J connectivity index is 2.16. The first-order chi connectivity index (χ1) is 13.2. The Kier molecular flexibility index (Phi) is 8.13. The zero-order valence-electron chi connectivity index (χ0n) is 15.8. The van der Waals surface area contributed by atoms with Crippen LogP contribution in [0.2, 0.25) is 0 Å². The average Bonchev–Trinajstić information content (AvgIpc) is 2.72. The van der Waals surface area contributed by atoms with Gasteiger partial charge in [0.05, 0.1) is 41.2 Å². The van der Waals surface area contributed by atoms with Gasteiger partial charge in [0.2, 0.25) is 0 Å². The molecule has 1 atom stereocenters. The first kappa shape index (κ1) is 20.8. The maximum atomic E-state index is 9.80.